The summed E-state index contributed by atoms with van der Waals surface area (Å²) in [5, 5.41) is 8.27. The molecule has 3 heteroatoms. The van der Waals surface area contributed by atoms with E-state index in [0.717, 1.165) is 18.7 Å². The van der Waals surface area contributed by atoms with Gasteiger partial charge in [-0.1, -0.05) is 57.0 Å². The van der Waals surface area contributed by atoms with Gasteiger partial charge in [-0.3, -0.25) is 5.41 Å². The average Bonchev–Trinajstić information content (AvgIpc) is 2.39. The van der Waals surface area contributed by atoms with E-state index in [0.29, 0.717) is 5.84 Å². The Morgan fingerprint density at radius 2 is 1.50 bits per heavy atom. The fourth-order valence-electron chi connectivity index (χ4n) is 1.81. The van der Waals surface area contributed by atoms with Gasteiger partial charge >= 0.3 is 0 Å². The van der Waals surface area contributed by atoms with E-state index in [1.807, 2.05) is 30.3 Å². The number of nitrogens with one attached hydrogen (secondary N) is 1. The van der Waals surface area contributed by atoms with Crippen molar-refractivity contribution >= 4 is 18.2 Å². The average molecular weight is 269 g/mol. The maximum absolute atomic E-state index is 8.27. The Bertz CT molecular complexity index is 317. The molecule has 2 nitrogen and oxygen atoms in total. The normalized spacial score (nSPS) is 9.67. The van der Waals surface area contributed by atoms with Gasteiger partial charge < -0.3 is 4.90 Å². The van der Waals surface area contributed by atoms with Crippen LogP contribution in [0.4, 0.5) is 0 Å². The number of nitrogens with zero attached hydrogens (tertiary/aromatic N) is 1. The zero-order valence-electron chi connectivity index (χ0n) is 11.5. The van der Waals surface area contributed by atoms with Gasteiger partial charge in [-0.05, 0) is 12.8 Å². The van der Waals surface area contributed by atoms with Crippen LogP contribution in [0.25, 0.3) is 0 Å². The lowest BCUT2D eigenvalue weighted by molar-refractivity contribution is 0.397. The minimum atomic E-state index is 0. The van der Waals surface area contributed by atoms with Crippen molar-refractivity contribution in [3.05, 3.63) is 35.9 Å². The molecular formula is C15H25ClN2. The summed E-state index contributed by atoms with van der Waals surface area (Å²) in [6.45, 7) is 6.41. The molecule has 0 aliphatic rings. The first kappa shape index (κ1) is 17.0. The quantitative estimate of drug-likeness (QED) is 0.578. The van der Waals surface area contributed by atoms with Crippen LogP contribution in [0.3, 0.4) is 0 Å². The summed E-state index contributed by atoms with van der Waals surface area (Å²) in [5.41, 5.74) is 1.03. The van der Waals surface area contributed by atoms with Crippen LogP contribution in [0.15, 0.2) is 30.3 Å². The minimum absolute atomic E-state index is 0. The third-order valence-electron chi connectivity index (χ3n) is 2.93. The number of unbranched alkanes of at least 4 members (excludes halogenated alkanes) is 2. The third-order valence-corrected chi connectivity index (χ3v) is 2.93. The molecule has 1 aromatic rings. The highest BCUT2D eigenvalue weighted by Gasteiger charge is 2.10. The zero-order valence-corrected chi connectivity index (χ0v) is 12.3. The topological polar surface area (TPSA) is 27.1 Å². The van der Waals surface area contributed by atoms with Gasteiger partial charge in [-0.2, -0.15) is 0 Å². The fraction of sp³-hybridized carbons (Fsp3) is 0.533. The molecule has 0 aromatic heterocycles. The molecule has 0 aliphatic carbocycles. The Balaban J connectivity index is 0.00000289. The van der Waals surface area contributed by atoms with Crippen molar-refractivity contribution in [1.29, 1.82) is 5.41 Å². The first-order chi connectivity index (χ1) is 8.29. The molecule has 1 aromatic carbocycles. The summed E-state index contributed by atoms with van der Waals surface area (Å²) in [6, 6.07) is 10.0. The Morgan fingerprint density at radius 3 is 1.94 bits per heavy atom. The molecule has 1 N–H and O–H groups in total. The van der Waals surface area contributed by atoms with Crippen LogP contribution in [-0.4, -0.2) is 23.8 Å². The lowest BCUT2D eigenvalue weighted by Crippen LogP contribution is -2.32. The van der Waals surface area contributed by atoms with Crippen molar-refractivity contribution < 1.29 is 0 Å². The first-order valence-corrected chi connectivity index (χ1v) is 6.68. The number of hydrogen-bond acceptors (Lipinski definition) is 1. The molecular weight excluding hydrogens is 244 g/mol. The fourth-order valence-corrected chi connectivity index (χ4v) is 1.81. The van der Waals surface area contributed by atoms with E-state index in [-0.39, 0.29) is 12.4 Å². The molecule has 0 amide bonds. The van der Waals surface area contributed by atoms with Crippen LogP contribution in [0.2, 0.25) is 0 Å². The van der Waals surface area contributed by atoms with E-state index in [2.05, 4.69) is 18.7 Å². The molecule has 0 fully saturated rings. The summed E-state index contributed by atoms with van der Waals surface area (Å²) >= 11 is 0. The monoisotopic (exact) mass is 268 g/mol. The maximum Gasteiger partial charge on any atom is 0.128 e. The molecule has 0 bridgehead atoms. The van der Waals surface area contributed by atoms with E-state index in [9.17, 15) is 0 Å². The van der Waals surface area contributed by atoms with E-state index in [1.54, 1.807) is 0 Å². The Kier molecular flexibility index (Phi) is 9.39. The predicted octanol–water partition coefficient (Wildman–Crippen LogP) is 4.34. The number of halogens is 1. The molecule has 0 heterocycles. The Hall–Kier alpha value is -1.02. The van der Waals surface area contributed by atoms with Gasteiger partial charge in [0.2, 0.25) is 0 Å². The number of rotatable bonds is 7. The molecule has 0 unspecified atom stereocenters. The van der Waals surface area contributed by atoms with Gasteiger partial charge in [0, 0.05) is 18.7 Å². The lowest BCUT2D eigenvalue weighted by atomic mass is 10.1. The molecule has 1 rings (SSSR count). The van der Waals surface area contributed by atoms with E-state index < -0.39 is 0 Å². The zero-order chi connectivity index (χ0) is 12.5. The maximum atomic E-state index is 8.27. The first-order valence-electron chi connectivity index (χ1n) is 6.68. The second kappa shape index (κ2) is 9.95. The van der Waals surface area contributed by atoms with Crippen LogP contribution in [0, 0.1) is 5.41 Å². The number of benzene rings is 1. The molecule has 18 heavy (non-hydrogen) atoms. The smallest absolute Gasteiger partial charge is 0.128 e. The molecule has 0 radical (unpaired) electrons. The van der Waals surface area contributed by atoms with Crippen molar-refractivity contribution in [2.45, 2.75) is 39.5 Å². The molecule has 102 valence electrons. The van der Waals surface area contributed by atoms with Crippen LogP contribution in [-0.2, 0) is 0 Å². The summed E-state index contributed by atoms with van der Waals surface area (Å²) in [5.74, 6) is 0.674. The van der Waals surface area contributed by atoms with E-state index >= 15 is 0 Å². The van der Waals surface area contributed by atoms with Crippen LogP contribution in [0.1, 0.15) is 45.1 Å². The molecule has 0 saturated heterocycles. The van der Waals surface area contributed by atoms with Crippen molar-refractivity contribution in [3.63, 3.8) is 0 Å². The molecule has 0 saturated carbocycles. The van der Waals surface area contributed by atoms with Gasteiger partial charge in [0.15, 0.2) is 0 Å². The Labute approximate surface area is 117 Å². The van der Waals surface area contributed by atoms with Crippen molar-refractivity contribution in [3.8, 4) is 0 Å². The predicted molar refractivity (Wildman–Crippen MR) is 81.9 cm³/mol. The standard InChI is InChI=1S/C15H24N2.ClH/c1-3-5-12-17(13-6-4-2)15(16)14-10-8-7-9-11-14;/h7-11,16H,3-6,12-13H2,1-2H3;1H. The summed E-state index contributed by atoms with van der Waals surface area (Å²) in [6.07, 6.45) is 4.70. The van der Waals surface area contributed by atoms with Gasteiger partial charge in [0.25, 0.3) is 0 Å². The largest absolute Gasteiger partial charge is 0.357 e. The molecule has 0 aliphatic heterocycles. The van der Waals surface area contributed by atoms with Crippen LogP contribution >= 0.6 is 12.4 Å². The van der Waals surface area contributed by atoms with E-state index in [4.69, 9.17) is 5.41 Å². The van der Waals surface area contributed by atoms with Gasteiger partial charge in [-0.15, -0.1) is 12.4 Å². The minimum Gasteiger partial charge on any atom is -0.357 e. The summed E-state index contributed by atoms with van der Waals surface area (Å²) in [7, 11) is 0. The molecule has 0 spiro atoms. The summed E-state index contributed by atoms with van der Waals surface area (Å²) < 4.78 is 0. The van der Waals surface area contributed by atoms with Crippen molar-refractivity contribution in [1.82, 2.24) is 4.90 Å². The SMILES string of the molecule is CCCCN(CCCC)C(=N)c1ccccc1.Cl. The van der Waals surface area contributed by atoms with Crippen molar-refractivity contribution in [2.75, 3.05) is 13.1 Å². The molecule has 0 atom stereocenters. The second-order valence-corrected chi connectivity index (χ2v) is 4.41. The van der Waals surface area contributed by atoms with Crippen molar-refractivity contribution in [2.24, 2.45) is 0 Å². The third kappa shape index (κ3) is 5.54. The van der Waals surface area contributed by atoms with E-state index in [1.165, 1.54) is 25.7 Å². The van der Waals surface area contributed by atoms with Gasteiger partial charge in [0.1, 0.15) is 5.84 Å². The number of amidine groups is 1. The number of hydrogen-bond donors (Lipinski definition) is 1. The summed E-state index contributed by atoms with van der Waals surface area (Å²) in [4.78, 5) is 2.21. The second-order valence-electron chi connectivity index (χ2n) is 4.41. The van der Waals surface area contributed by atoms with Gasteiger partial charge in [0.05, 0.1) is 0 Å². The van der Waals surface area contributed by atoms with Crippen LogP contribution in [0.5, 0.6) is 0 Å². The highest BCUT2D eigenvalue weighted by molar-refractivity contribution is 5.96. The lowest BCUT2D eigenvalue weighted by Gasteiger charge is -2.25. The van der Waals surface area contributed by atoms with Crippen LogP contribution < -0.4 is 0 Å². The highest BCUT2D eigenvalue weighted by Crippen LogP contribution is 2.07. The Morgan fingerprint density at radius 1 is 1.00 bits per heavy atom. The van der Waals surface area contributed by atoms with Gasteiger partial charge in [-0.25, -0.2) is 0 Å². The highest BCUT2D eigenvalue weighted by atomic mass is 35.5.